The number of anilines is 1. The number of amides is 1. The molecule has 152 valence electrons. The second-order valence-electron chi connectivity index (χ2n) is 6.81. The lowest BCUT2D eigenvalue weighted by Gasteiger charge is -2.10. The number of aromatic nitrogens is 3. The summed E-state index contributed by atoms with van der Waals surface area (Å²) < 4.78 is 7.72. The second kappa shape index (κ2) is 9.33. The van der Waals surface area contributed by atoms with Crippen LogP contribution in [0.2, 0.25) is 5.02 Å². The van der Waals surface area contributed by atoms with E-state index in [9.17, 15) is 4.79 Å². The van der Waals surface area contributed by atoms with Gasteiger partial charge in [0.25, 0.3) is 0 Å². The molecule has 0 aliphatic heterocycles. The predicted octanol–water partition coefficient (Wildman–Crippen LogP) is 4.70. The lowest BCUT2D eigenvalue weighted by molar-refractivity contribution is -0.113. The zero-order valence-electron chi connectivity index (χ0n) is 16.8. The van der Waals surface area contributed by atoms with Gasteiger partial charge in [0.2, 0.25) is 5.91 Å². The van der Waals surface area contributed by atoms with Crippen molar-refractivity contribution in [3.05, 3.63) is 63.9 Å². The first kappa shape index (κ1) is 21.2. The van der Waals surface area contributed by atoms with Crippen LogP contribution in [0.25, 0.3) is 0 Å². The van der Waals surface area contributed by atoms with Crippen molar-refractivity contribution in [2.24, 2.45) is 7.05 Å². The molecule has 0 saturated carbocycles. The standard InChI is InChI=1S/C21H23ClN4O2S/c1-13-5-8-18(15(3)9-13)28-11-19-24-25-21(26(19)4)29-12-20(27)23-17-7-6-16(22)10-14(17)2/h5-10H,11-12H2,1-4H3,(H,23,27). The number of hydrogen-bond acceptors (Lipinski definition) is 5. The lowest BCUT2D eigenvalue weighted by Crippen LogP contribution is -2.15. The quantitative estimate of drug-likeness (QED) is 0.550. The fraction of sp³-hybridized carbons (Fsp3) is 0.286. The van der Waals surface area contributed by atoms with Gasteiger partial charge in [0.05, 0.1) is 5.75 Å². The van der Waals surface area contributed by atoms with Gasteiger partial charge in [0, 0.05) is 17.8 Å². The van der Waals surface area contributed by atoms with Crippen LogP contribution in [0.1, 0.15) is 22.5 Å². The molecule has 1 amide bonds. The number of carbonyl (C=O) groups excluding carboxylic acids is 1. The number of carbonyl (C=O) groups is 1. The monoisotopic (exact) mass is 430 g/mol. The van der Waals surface area contributed by atoms with Crippen LogP contribution in [0.5, 0.6) is 5.75 Å². The lowest BCUT2D eigenvalue weighted by atomic mass is 10.1. The maximum absolute atomic E-state index is 12.3. The van der Waals surface area contributed by atoms with E-state index in [1.165, 1.54) is 17.3 Å². The fourth-order valence-electron chi connectivity index (χ4n) is 2.78. The van der Waals surface area contributed by atoms with Crippen LogP contribution in [0.3, 0.4) is 0 Å². The highest BCUT2D eigenvalue weighted by molar-refractivity contribution is 7.99. The average molecular weight is 431 g/mol. The molecular weight excluding hydrogens is 408 g/mol. The van der Waals surface area contributed by atoms with Gasteiger partial charge >= 0.3 is 0 Å². The molecule has 0 aliphatic rings. The molecule has 0 saturated heterocycles. The summed E-state index contributed by atoms with van der Waals surface area (Å²) in [6.45, 7) is 6.28. The number of hydrogen-bond donors (Lipinski definition) is 1. The van der Waals surface area contributed by atoms with Crippen molar-refractivity contribution in [1.29, 1.82) is 0 Å². The number of halogens is 1. The van der Waals surface area contributed by atoms with Gasteiger partial charge in [-0.2, -0.15) is 0 Å². The van der Waals surface area contributed by atoms with Gasteiger partial charge in [0.15, 0.2) is 11.0 Å². The van der Waals surface area contributed by atoms with Crippen LogP contribution in [-0.4, -0.2) is 26.4 Å². The Kier molecular flexibility index (Phi) is 6.82. The molecule has 0 spiro atoms. The Bertz CT molecular complexity index is 1040. The Hall–Kier alpha value is -2.51. The number of benzene rings is 2. The third-order valence-corrected chi connectivity index (χ3v) is 5.66. The smallest absolute Gasteiger partial charge is 0.234 e. The number of nitrogens with zero attached hydrogens (tertiary/aromatic N) is 3. The summed E-state index contributed by atoms with van der Waals surface area (Å²) >= 11 is 7.28. The van der Waals surface area contributed by atoms with E-state index in [1.54, 1.807) is 12.1 Å². The van der Waals surface area contributed by atoms with Crippen LogP contribution in [0.15, 0.2) is 41.6 Å². The molecule has 0 radical (unpaired) electrons. The van der Waals surface area contributed by atoms with E-state index in [2.05, 4.69) is 21.6 Å². The molecule has 3 rings (SSSR count). The molecule has 6 nitrogen and oxygen atoms in total. The maximum Gasteiger partial charge on any atom is 0.234 e. The predicted molar refractivity (Wildman–Crippen MR) is 117 cm³/mol. The van der Waals surface area contributed by atoms with E-state index >= 15 is 0 Å². The van der Waals surface area contributed by atoms with Gasteiger partial charge < -0.3 is 14.6 Å². The SMILES string of the molecule is Cc1ccc(OCc2nnc(SCC(=O)Nc3ccc(Cl)cc3C)n2C)c(C)c1. The minimum absolute atomic E-state index is 0.114. The Labute approximate surface area is 179 Å². The summed E-state index contributed by atoms with van der Waals surface area (Å²) in [7, 11) is 1.87. The van der Waals surface area contributed by atoms with Crippen LogP contribution in [-0.2, 0) is 18.4 Å². The van der Waals surface area contributed by atoms with Crippen LogP contribution >= 0.6 is 23.4 Å². The van der Waals surface area contributed by atoms with Crippen molar-refractivity contribution < 1.29 is 9.53 Å². The van der Waals surface area contributed by atoms with Crippen LogP contribution in [0, 0.1) is 20.8 Å². The van der Waals surface area contributed by atoms with Crippen molar-refractivity contribution in [2.75, 3.05) is 11.1 Å². The van der Waals surface area contributed by atoms with E-state index in [0.29, 0.717) is 22.6 Å². The van der Waals surface area contributed by atoms with E-state index in [0.717, 1.165) is 22.6 Å². The zero-order chi connectivity index (χ0) is 21.0. The molecule has 2 aromatic carbocycles. The minimum Gasteiger partial charge on any atom is -0.485 e. The first-order valence-corrected chi connectivity index (χ1v) is 10.5. The molecule has 8 heteroatoms. The van der Waals surface area contributed by atoms with Gasteiger partial charge in [0.1, 0.15) is 12.4 Å². The molecule has 0 aliphatic carbocycles. The first-order valence-electron chi connectivity index (χ1n) is 9.10. The number of thioether (sulfide) groups is 1. The summed E-state index contributed by atoms with van der Waals surface area (Å²) in [6.07, 6.45) is 0. The molecule has 3 aromatic rings. The molecule has 0 unspecified atom stereocenters. The first-order chi connectivity index (χ1) is 13.8. The van der Waals surface area contributed by atoms with Crippen LogP contribution in [0.4, 0.5) is 5.69 Å². The van der Waals surface area contributed by atoms with Gasteiger partial charge in [-0.1, -0.05) is 41.1 Å². The summed E-state index contributed by atoms with van der Waals surface area (Å²) in [5.74, 6) is 1.63. The van der Waals surface area contributed by atoms with Crippen molar-refractivity contribution in [3.63, 3.8) is 0 Å². The average Bonchev–Trinajstić information content (AvgIpc) is 3.01. The van der Waals surface area contributed by atoms with Crippen molar-refractivity contribution in [3.8, 4) is 5.75 Å². The van der Waals surface area contributed by atoms with Gasteiger partial charge in [-0.05, 0) is 56.2 Å². The third-order valence-electron chi connectivity index (χ3n) is 4.41. The molecule has 0 atom stereocenters. The van der Waals surface area contributed by atoms with Crippen LogP contribution < -0.4 is 10.1 Å². The molecular formula is C21H23ClN4O2S. The molecule has 0 fully saturated rings. The Morgan fingerprint density at radius 1 is 1.14 bits per heavy atom. The van der Waals surface area contributed by atoms with E-state index in [-0.39, 0.29) is 11.7 Å². The molecule has 1 aromatic heterocycles. The number of nitrogens with one attached hydrogen (secondary N) is 1. The Morgan fingerprint density at radius 2 is 1.93 bits per heavy atom. The summed E-state index contributed by atoms with van der Waals surface area (Å²) in [5, 5.41) is 12.5. The summed E-state index contributed by atoms with van der Waals surface area (Å²) in [6, 6.07) is 11.4. The highest BCUT2D eigenvalue weighted by Crippen LogP contribution is 2.22. The number of rotatable bonds is 7. The topological polar surface area (TPSA) is 69.0 Å². The zero-order valence-corrected chi connectivity index (χ0v) is 18.4. The highest BCUT2D eigenvalue weighted by Gasteiger charge is 2.13. The molecule has 29 heavy (non-hydrogen) atoms. The highest BCUT2D eigenvalue weighted by atomic mass is 35.5. The molecule has 1 heterocycles. The summed E-state index contributed by atoms with van der Waals surface area (Å²) in [5.41, 5.74) is 3.94. The Morgan fingerprint density at radius 3 is 2.66 bits per heavy atom. The van der Waals surface area contributed by atoms with Crippen molar-refractivity contribution in [1.82, 2.24) is 14.8 Å². The fourth-order valence-corrected chi connectivity index (χ4v) is 3.74. The van der Waals surface area contributed by atoms with E-state index in [1.807, 2.05) is 50.6 Å². The van der Waals surface area contributed by atoms with Gasteiger partial charge in [-0.3, -0.25) is 4.79 Å². The Balaban J connectivity index is 1.55. The summed E-state index contributed by atoms with van der Waals surface area (Å²) in [4.78, 5) is 12.3. The molecule has 1 N–H and O–H groups in total. The second-order valence-corrected chi connectivity index (χ2v) is 8.19. The van der Waals surface area contributed by atoms with Gasteiger partial charge in [-0.15, -0.1) is 10.2 Å². The molecule has 0 bridgehead atoms. The maximum atomic E-state index is 12.3. The van der Waals surface area contributed by atoms with Crippen molar-refractivity contribution in [2.45, 2.75) is 32.5 Å². The van der Waals surface area contributed by atoms with E-state index < -0.39 is 0 Å². The number of ether oxygens (including phenoxy) is 1. The normalized spacial score (nSPS) is 10.8. The largest absolute Gasteiger partial charge is 0.485 e. The third kappa shape index (κ3) is 5.52. The van der Waals surface area contributed by atoms with Gasteiger partial charge in [-0.25, -0.2) is 0 Å². The number of aryl methyl sites for hydroxylation is 3. The minimum atomic E-state index is -0.114. The van der Waals surface area contributed by atoms with Crippen molar-refractivity contribution >= 4 is 35.0 Å². The van der Waals surface area contributed by atoms with E-state index in [4.69, 9.17) is 16.3 Å².